The Hall–Kier alpha value is 0.760. The lowest BCUT2D eigenvalue weighted by Crippen LogP contribution is -2.26. The van der Waals surface area contributed by atoms with Crippen LogP contribution < -0.4 is 0 Å². The molecule has 0 amide bonds. The van der Waals surface area contributed by atoms with E-state index in [0.717, 1.165) is 27.9 Å². The maximum absolute atomic E-state index is 11.9. The van der Waals surface area contributed by atoms with Crippen molar-refractivity contribution in [1.29, 1.82) is 0 Å². The third-order valence-electron chi connectivity index (χ3n) is 2.77. The molecule has 0 saturated carbocycles. The third kappa shape index (κ3) is 4.62. The van der Waals surface area contributed by atoms with E-state index >= 15 is 0 Å². The molecule has 1 aromatic carbocycles. The molecule has 0 spiro atoms. The van der Waals surface area contributed by atoms with E-state index in [4.69, 9.17) is 4.74 Å². The largest absolute Gasteiger partial charge is 0.465 e. The molecule has 8 heteroatoms. The van der Waals surface area contributed by atoms with Gasteiger partial charge in [0.25, 0.3) is 0 Å². The van der Waals surface area contributed by atoms with E-state index in [0.29, 0.717) is 0 Å². The zero-order valence-corrected chi connectivity index (χ0v) is 19.0. The summed E-state index contributed by atoms with van der Waals surface area (Å²) in [6, 6.07) is 0. The molecule has 0 aromatic heterocycles. The maximum atomic E-state index is 11.9. The van der Waals surface area contributed by atoms with Crippen LogP contribution in [0.4, 0.5) is 0 Å². The highest BCUT2D eigenvalue weighted by molar-refractivity contribution is 9.15. The van der Waals surface area contributed by atoms with Crippen LogP contribution in [0.15, 0.2) is 22.4 Å². The number of hydrogen-bond donors (Lipinski definition) is 0. The van der Waals surface area contributed by atoms with E-state index in [1.54, 1.807) is 6.92 Å². The second-order valence-electron chi connectivity index (χ2n) is 4.17. The quantitative estimate of drug-likeness (QED) is 0.182. The van der Waals surface area contributed by atoms with Gasteiger partial charge in [0, 0.05) is 22.4 Å². The molecule has 0 aliphatic carbocycles. The average Bonchev–Trinajstić information content (AvgIpc) is 2.43. The Balaban J connectivity index is 3.28. The molecule has 0 aliphatic heterocycles. The van der Waals surface area contributed by atoms with Gasteiger partial charge in [0.1, 0.15) is 11.7 Å². The van der Waals surface area contributed by atoms with Crippen LogP contribution in [0, 0.1) is 5.92 Å². The summed E-state index contributed by atoms with van der Waals surface area (Å²) in [5, 5.41) is 0. The first kappa shape index (κ1) is 19.8. The molecule has 0 heterocycles. The summed E-state index contributed by atoms with van der Waals surface area (Å²) in [6.07, 6.45) is 0.250. The van der Waals surface area contributed by atoms with Gasteiger partial charge in [-0.3, -0.25) is 9.59 Å². The summed E-state index contributed by atoms with van der Waals surface area (Å²) >= 11 is 17.4. The Labute approximate surface area is 165 Å². The summed E-state index contributed by atoms with van der Waals surface area (Å²) in [6.45, 7) is 3.36. The minimum atomic E-state index is -0.822. The fourth-order valence-corrected chi connectivity index (χ4v) is 5.12. The normalized spacial score (nSPS) is 12.1. The Bertz CT molecular complexity index is 557. The molecule has 1 atom stereocenters. The van der Waals surface area contributed by atoms with Crippen molar-refractivity contribution < 1.29 is 14.3 Å². The number of halogens is 5. The fraction of sp³-hybridized carbons (Fsp3) is 0.385. The van der Waals surface area contributed by atoms with Gasteiger partial charge in [0.2, 0.25) is 0 Å². The molecule has 0 saturated heterocycles. The highest BCUT2D eigenvalue weighted by Crippen LogP contribution is 2.45. The number of benzene rings is 1. The van der Waals surface area contributed by atoms with Crippen molar-refractivity contribution in [3.8, 4) is 0 Å². The number of ether oxygens (including phenoxy) is 1. The Morgan fingerprint density at radius 1 is 0.952 bits per heavy atom. The van der Waals surface area contributed by atoms with Crippen LogP contribution >= 0.6 is 79.6 Å². The number of Topliss-reactive ketones (excluding diaryl/α,β-unsaturated/α-hetero) is 1. The number of rotatable bonds is 5. The highest BCUT2D eigenvalue weighted by Gasteiger charge is 2.28. The summed E-state index contributed by atoms with van der Waals surface area (Å²) < 4.78 is 8.98. The molecule has 0 N–H and O–H groups in total. The molecule has 0 aliphatic rings. The first-order chi connectivity index (χ1) is 9.72. The average molecular weight is 615 g/mol. The van der Waals surface area contributed by atoms with Gasteiger partial charge in [-0.1, -0.05) is 0 Å². The van der Waals surface area contributed by atoms with Gasteiger partial charge in [-0.05, 0) is 105 Å². The Morgan fingerprint density at radius 2 is 1.38 bits per heavy atom. The number of carbonyl (C=O) groups excluding carboxylic acids is 2. The van der Waals surface area contributed by atoms with Crippen LogP contribution in [0.5, 0.6) is 0 Å². The van der Waals surface area contributed by atoms with Crippen LogP contribution in [-0.2, 0) is 20.7 Å². The second kappa shape index (κ2) is 8.57. The molecule has 116 valence electrons. The molecular weight excluding hydrogens is 604 g/mol. The Kier molecular flexibility index (Phi) is 8.08. The van der Waals surface area contributed by atoms with E-state index in [-0.39, 0.29) is 18.8 Å². The molecule has 1 unspecified atom stereocenters. The highest BCUT2D eigenvalue weighted by atomic mass is 79.9. The fourth-order valence-electron chi connectivity index (χ4n) is 1.67. The van der Waals surface area contributed by atoms with Gasteiger partial charge in [-0.25, -0.2) is 0 Å². The van der Waals surface area contributed by atoms with Gasteiger partial charge >= 0.3 is 5.97 Å². The smallest absolute Gasteiger partial charge is 0.316 e. The predicted octanol–water partition coefficient (Wildman–Crippen LogP) is 5.81. The van der Waals surface area contributed by atoms with Crippen molar-refractivity contribution >= 4 is 91.4 Å². The van der Waals surface area contributed by atoms with Crippen molar-refractivity contribution in [3.05, 3.63) is 27.9 Å². The maximum Gasteiger partial charge on any atom is 0.316 e. The summed E-state index contributed by atoms with van der Waals surface area (Å²) in [7, 11) is 0. The molecule has 1 rings (SSSR count). The number of esters is 1. The number of carbonyl (C=O) groups is 2. The van der Waals surface area contributed by atoms with Crippen LogP contribution in [0.25, 0.3) is 0 Å². The van der Waals surface area contributed by atoms with Crippen LogP contribution in [-0.4, -0.2) is 18.4 Å². The van der Waals surface area contributed by atoms with Gasteiger partial charge in [-0.15, -0.1) is 0 Å². The van der Waals surface area contributed by atoms with Crippen LogP contribution in [0.1, 0.15) is 19.4 Å². The predicted molar refractivity (Wildman–Crippen MR) is 99.5 cm³/mol. The van der Waals surface area contributed by atoms with E-state index < -0.39 is 11.9 Å². The van der Waals surface area contributed by atoms with Gasteiger partial charge in [-0.2, -0.15) is 0 Å². The SMILES string of the molecule is CCOC(=O)C(Cc1c(Br)c(Br)c(Br)c(Br)c1Br)C(C)=O. The molecule has 0 fully saturated rings. The van der Waals surface area contributed by atoms with Gasteiger partial charge in [0.05, 0.1) is 6.61 Å². The first-order valence-electron chi connectivity index (χ1n) is 5.89. The zero-order valence-electron chi connectivity index (χ0n) is 11.1. The first-order valence-corrected chi connectivity index (χ1v) is 9.86. The minimum absolute atomic E-state index is 0.220. The second-order valence-corrected chi connectivity index (χ2v) is 8.13. The zero-order chi connectivity index (χ0) is 16.3. The lowest BCUT2D eigenvalue weighted by Gasteiger charge is -2.17. The van der Waals surface area contributed by atoms with Crippen molar-refractivity contribution in [1.82, 2.24) is 0 Å². The minimum Gasteiger partial charge on any atom is -0.465 e. The molecule has 3 nitrogen and oxygen atoms in total. The van der Waals surface area contributed by atoms with Gasteiger partial charge < -0.3 is 4.74 Å². The van der Waals surface area contributed by atoms with Crippen molar-refractivity contribution in [3.63, 3.8) is 0 Å². The summed E-state index contributed by atoms with van der Waals surface area (Å²) in [5.74, 6) is -1.54. The lowest BCUT2D eigenvalue weighted by atomic mass is 9.96. The van der Waals surface area contributed by atoms with Crippen LogP contribution in [0.3, 0.4) is 0 Å². The van der Waals surface area contributed by atoms with E-state index in [1.807, 2.05) is 0 Å². The number of hydrogen-bond acceptors (Lipinski definition) is 3. The van der Waals surface area contributed by atoms with E-state index in [9.17, 15) is 9.59 Å². The van der Waals surface area contributed by atoms with Crippen molar-refractivity contribution in [2.24, 2.45) is 5.92 Å². The molecule has 0 radical (unpaired) electrons. The molecule has 0 bridgehead atoms. The summed E-state index contributed by atoms with van der Waals surface area (Å²) in [5.41, 5.74) is 0.810. The third-order valence-corrected chi connectivity index (χ3v) is 9.03. The van der Waals surface area contributed by atoms with Crippen molar-refractivity contribution in [2.45, 2.75) is 20.3 Å². The van der Waals surface area contributed by atoms with Crippen molar-refractivity contribution in [2.75, 3.05) is 6.61 Å². The monoisotopic (exact) mass is 610 g/mol. The molecule has 1 aromatic rings. The lowest BCUT2D eigenvalue weighted by molar-refractivity contribution is -0.151. The standard InChI is InChI=1S/C13H11Br5O3/c1-3-21-13(20)6(5(2)19)4-7-8(14)10(16)12(18)11(17)9(7)15/h6H,3-4H2,1-2H3. The molecular formula is C13H11Br5O3. The van der Waals surface area contributed by atoms with Gasteiger partial charge in [0.15, 0.2) is 0 Å². The van der Waals surface area contributed by atoms with E-state index in [2.05, 4.69) is 79.6 Å². The number of ketones is 1. The summed E-state index contributed by atoms with van der Waals surface area (Å²) in [4.78, 5) is 23.7. The molecule has 21 heavy (non-hydrogen) atoms. The van der Waals surface area contributed by atoms with Crippen LogP contribution in [0.2, 0.25) is 0 Å². The Morgan fingerprint density at radius 3 is 1.76 bits per heavy atom. The topological polar surface area (TPSA) is 43.4 Å². The van der Waals surface area contributed by atoms with E-state index in [1.165, 1.54) is 6.92 Å².